The molecule has 2 rings (SSSR count). The van der Waals surface area contributed by atoms with Gasteiger partial charge in [0.1, 0.15) is 0 Å². The Morgan fingerprint density at radius 1 is 1.11 bits per heavy atom. The van der Waals surface area contributed by atoms with E-state index in [1.807, 2.05) is 48.2 Å². The highest BCUT2D eigenvalue weighted by atomic mass is 16.2. The SMILES string of the molecule is CCN1CCN(C(=O)c2ccc(N(C)C)cc2)CC1. The monoisotopic (exact) mass is 261 g/mol. The van der Waals surface area contributed by atoms with Gasteiger partial charge in [0.15, 0.2) is 0 Å². The summed E-state index contributed by atoms with van der Waals surface area (Å²) in [7, 11) is 4.00. The lowest BCUT2D eigenvalue weighted by Gasteiger charge is -2.34. The highest BCUT2D eigenvalue weighted by Crippen LogP contribution is 2.14. The lowest BCUT2D eigenvalue weighted by atomic mass is 10.1. The van der Waals surface area contributed by atoms with Crippen LogP contribution in [0.3, 0.4) is 0 Å². The van der Waals surface area contributed by atoms with Gasteiger partial charge in [-0.3, -0.25) is 4.79 Å². The first-order valence-electron chi connectivity index (χ1n) is 6.91. The van der Waals surface area contributed by atoms with E-state index in [4.69, 9.17) is 0 Å². The van der Waals surface area contributed by atoms with Crippen LogP contribution in [0.25, 0.3) is 0 Å². The van der Waals surface area contributed by atoms with Crippen LogP contribution in [0.15, 0.2) is 24.3 Å². The van der Waals surface area contributed by atoms with Crippen LogP contribution < -0.4 is 4.90 Å². The van der Waals surface area contributed by atoms with Gasteiger partial charge in [-0.25, -0.2) is 0 Å². The molecule has 19 heavy (non-hydrogen) atoms. The number of rotatable bonds is 3. The predicted molar refractivity (Wildman–Crippen MR) is 78.8 cm³/mol. The highest BCUT2D eigenvalue weighted by molar-refractivity contribution is 5.94. The quantitative estimate of drug-likeness (QED) is 0.825. The summed E-state index contributed by atoms with van der Waals surface area (Å²) >= 11 is 0. The normalized spacial score (nSPS) is 16.5. The largest absolute Gasteiger partial charge is 0.378 e. The van der Waals surface area contributed by atoms with Gasteiger partial charge in [-0.05, 0) is 30.8 Å². The summed E-state index contributed by atoms with van der Waals surface area (Å²) in [5.74, 6) is 0.154. The Bertz CT molecular complexity index is 420. The number of carbonyl (C=O) groups is 1. The van der Waals surface area contributed by atoms with Crippen LogP contribution in [0.4, 0.5) is 5.69 Å². The van der Waals surface area contributed by atoms with Crippen molar-refractivity contribution in [2.75, 3.05) is 51.7 Å². The fourth-order valence-electron chi connectivity index (χ4n) is 2.35. The van der Waals surface area contributed by atoms with Crippen LogP contribution >= 0.6 is 0 Å². The molecule has 1 aliphatic rings. The number of amides is 1. The van der Waals surface area contributed by atoms with Gasteiger partial charge in [-0.2, -0.15) is 0 Å². The lowest BCUT2D eigenvalue weighted by molar-refractivity contribution is 0.0643. The summed E-state index contributed by atoms with van der Waals surface area (Å²) in [6.45, 7) is 6.87. The van der Waals surface area contributed by atoms with E-state index in [0.717, 1.165) is 44.0 Å². The van der Waals surface area contributed by atoms with E-state index in [-0.39, 0.29) is 5.91 Å². The molecule has 4 nitrogen and oxygen atoms in total. The zero-order valence-corrected chi connectivity index (χ0v) is 12.1. The molecular weight excluding hydrogens is 238 g/mol. The first-order chi connectivity index (χ1) is 9.11. The van der Waals surface area contributed by atoms with Crippen molar-refractivity contribution >= 4 is 11.6 Å². The van der Waals surface area contributed by atoms with Gasteiger partial charge in [0.05, 0.1) is 0 Å². The number of hydrogen-bond acceptors (Lipinski definition) is 3. The van der Waals surface area contributed by atoms with E-state index in [1.54, 1.807) is 0 Å². The minimum Gasteiger partial charge on any atom is -0.378 e. The zero-order chi connectivity index (χ0) is 13.8. The second-order valence-electron chi connectivity index (χ2n) is 5.17. The molecule has 0 bridgehead atoms. The second-order valence-corrected chi connectivity index (χ2v) is 5.17. The van der Waals surface area contributed by atoms with Crippen molar-refractivity contribution in [2.45, 2.75) is 6.92 Å². The molecule has 1 fully saturated rings. The molecule has 1 aliphatic heterocycles. The molecular formula is C15H23N3O. The molecule has 0 saturated carbocycles. The third-order valence-electron chi connectivity index (χ3n) is 3.74. The number of piperazine rings is 1. The molecule has 1 heterocycles. The number of benzene rings is 1. The van der Waals surface area contributed by atoms with Gasteiger partial charge in [0.2, 0.25) is 0 Å². The predicted octanol–water partition coefficient (Wildman–Crippen LogP) is 1.53. The van der Waals surface area contributed by atoms with Crippen molar-refractivity contribution in [3.8, 4) is 0 Å². The lowest BCUT2D eigenvalue weighted by Crippen LogP contribution is -2.48. The molecule has 0 N–H and O–H groups in total. The highest BCUT2D eigenvalue weighted by Gasteiger charge is 2.21. The van der Waals surface area contributed by atoms with Crippen molar-refractivity contribution in [1.82, 2.24) is 9.80 Å². The fourth-order valence-corrected chi connectivity index (χ4v) is 2.35. The van der Waals surface area contributed by atoms with Gasteiger partial charge in [0, 0.05) is 51.5 Å². The summed E-state index contributed by atoms with van der Waals surface area (Å²) in [4.78, 5) is 18.7. The molecule has 0 aromatic heterocycles. The topological polar surface area (TPSA) is 26.8 Å². The van der Waals surface area contributed by atoms with Crippen molar-refractivity contribution in [2.24, 2.45) is 0 Å². The molecule has 1 aromatic rings. The third-order valence-corrected chi connectivity index (χ3v) is 3.74. The molecule has 1 aromatic carbocycles. The molecule has 1 saturated heterocycles. The Kier molecular flexibility index (Phi) is 4.43. The van der Waals surface area contributed by atoms with E-state index < -0.39 is 0 Å². The van der Waals surface area contributed by atoms with Crippen LogP contribution in [-0.2, 0) is 0 Å². The smallest absolute Gasteiger partial charge is 0.253 e. The number of hydrogen-bond donors (Lipinski definition) is 0. The molecule has 0 spiro atoms. The molecule has 0 unspecified atom stereocenters. The number of carbonyl (C=O) groups excluding carboxylic acids is 1. The van der Waals surface area contributed by atoms with E-state index in [2.05, 4.69) is 11.8 Å². The van der Waals surface area contributed by atoms with Gasteiger partial charge in [-0.1, -0.05) is 6.92 Å². The summed E-state index contributed by atoms with van der Waals surface area (Å²) in [6, 6.07) is 7.83. The van der Waals surface area contributed by atoms with Crippen molar-refractivity contribution in [1.29, 1.82) is 0 Å². The van der Waals surface area contributed by atoms with E-state index >= 15 is 0 Å². The fraction of sp³-hybridized carbons (Fsp3) is 0.533. The van der Waals surface area contributed by atoms with Gasteiger partial charge >= 0.3 is 0 Å². The second kappa shape index (κ2) is 6.06. The van der Waals surface area contributed by atoms with Crippen LogP contribution in [-0.4, -0.2) is 62.5 Å². The van der Waals surface area contributed by atoms with Gasteiger partial charge in [-0.15, -0.1) is 0 Å². The van der Waals surface area contributed by atoms with E-state index in [0.29, 0.717) is 0 Å². The Balaban J connectivity index is 2.00. The minimum atomic E-state index is 0.154. The van der Waals surface area contributed by atoms with Crippen molar-refractivity contribution in [3.05, 3.63) is 29.8 Å². The molecule has 0 aliphatic carbocycles. The van der Waals surface area contributed by atoms with E-state index in [9.17, 15) is 4.79 Å². The van der Waals surface area contributed by atoms with Crippen molar-refractivity contribution in [3.63, 3.8) is 0 Å². The van der Waals surface area contributed by atoms with Crippen molar-refractivity contribution < 1.29 is 4.79 Å². The molecule has 0 radical (unpaired) electrons. The van der Waals surface area contributed by atoms with E-state index in [1.165, 1.54) is 0 Å². The van der Waals surface area contributed by atoms with Crippen LogP contribution in [0.5, 0.6) is 0 Å². The summed E-state index contributed by atoms with van der Waals surface area (Å²) in [6.07, 6.45) is 0. The number of nitrogens with zero attached hydrogens (tertiary/aromatic N) is 3. The zero-order valence-electron chi connectivity index (χ0n) is 12.1. The molecule has 104 valence electrons. The number of likely N-dealkylation sites (N-methyl/N-ethyl adjacent to an activating group) is 1. The van der Waals surface area contributed by atoms with Gasteiger partial charge in [0.25, 0.3) is 5.91 Å². The Hall–Kier alpha value is -1.55. The maximum atomic E-state index is 12.4. The van der Waals surface area contributed by atoms with Gasteiger partial charge < -0.3 is 14.7 Å². The maximum Gasteiger partial charge on any atom is 0.253 e. The Morgan fingerprint density at radius 3 is 2.16 bits per heavy atom. The average Bonchev–Trinajstić information content (AvgIpc) is 2.46. The molecule has 4 heteroatoms. The van der Waals surface area contributed by atoms with Crippen LogP contribution in [0.1, 0.15) is 17.3 Å². The standard InChI is InChI=1S/C15H23N3O/c1-4-17-9-11-18(12-10-17)15(19)13-5-7-14(8-6-13)16(2)3/h5-8H,4,9-12H2,1-3H3. The Labute approximate surface area is 115 Å². The van der Waals surface area contributed by atoms with Crippen LogP contribution in [0, 0.1) is 0 Å². The first kappa shape index (κ1) is 13.9. The van der Waals surface area contributed by atoms with Crippen LogP contribution in [0.2, 0.25) is 0 Å². The summed E-state index contributed by atoms with van der Waals surface area (Å²) < 4.78 is 0. The summed E-state index contributed by atoms with van der Waals surface area (Å²) in [5.41, 5.74) is 1.91. The average molecular weight is 261 g/mol. The minimum absolute atomic E-state index is 0.154. The molecule has 0 atom stereocenters. The molecule has 1 amide bonds. The maximum absolute atomic E-state index is 12.4. The Morgan fingerprint density at radius 2 is 1.68 bits per heavy atom. The first-order valence-corrected chi connectivity index (χ1v) is 6.91. The number of anilines is 1. The third kappa shape index (κ3) is 3.26. The summed E-state index contributed by atoms with van der Waals surface area (Å²) in [5, 5.41) is 0.